The van der Waals surface area contributed by atoms with E-state index in [1.165, 1.54) is 55.2 Å². The van der Waals surface area contributed by atoms with Gasteiger partial charge in [0.1, 0.15) is 0 Å². The first-order valence-corrected chi connectivity index (χ1v) is 19.8. The van der Waals surface area contributed by atoms with Crippen molar-refractivity contribution in [3.8, 4) is 16.8 Å². The maximum atomic E-state index is 2.49. The smallest absolute Gasteiger partial charge is 0.0588 e. The van der Waals surface area contributed by atoms with E-state index in [1.54, 1.807) is 0 Å². The molecule has 0 N–H and O–H groups in total. The van der Waals surface area contributed by atoms with E-state index in [1.807, 2.05) is 0 Å². The number of para-hydroxylation sites is 3. The zero-order valence-corrected chi connectivity index (χ0v) is 32.2. The average molecular weight is 731 g/mol. The second-order valence-corrected chi connectivity index (χ2v) is 15.4. The van der Waals surface area contributed by atoms with Crippen LogP contribution in [-0.2, 0) is 5.41 Å². The van der Waals surface area contributed by atoms with Crippen LogP contribution in [0.2, 0.25) is 0 Å². The van der Waals surface area contributed by atoms with Crippen LogP contribution in [0.1, 0.15) is 47.2 Å². The van der Waals surface area contributed by atoms with Crippen LogP contribution in [0, 0.1) is 0 Å². The fourth-order valence-electron chi connectivity index (χ4n) is 8.75. The van der Waals surface area contributed by atoms with Gasteiger partial charge in [0.05, 0.1) is 11.0 Å². The molecule has 1 aliphatic carbocycles. The SMILES string of the molecule is CC1(C)c2cc(/C=C/c3ccccc3)ccc2-c2ccc3c4ccccc4n(-c4ccc(/C=C/c5ccc(N(c6ccccc6)c6ccccc6)cc5)cc4)c3c21. The molecule has 0 amide bonds. The van der Waals surface area contributed by atoms with Gasteiger partial charge >= 0.3 is 0 Å². The topological polar surface area (TPSA) is 8.17 Å². The van der Waals surface area contributed by atoms with Gasteiger partial charge in [0.25, 0.3) is 0 Å². The van der Waals surface area contributed by atoms with E-state index in [0.29, 0.717) is 0 Å². The molecule has 0 saturated heterocycles. The largest absolute Gasteiger partial charge is 0.311 e. The van der Waals surface area contributed by atoms with Gasteiger partial charge in [-0.1, -0.05) is 178 Å². The lowest BCUT2D eigenvalue weighted by atomic mass is 9.81. The highest BCUT2D eigenvalue weighted by atomic mass is 15.1. The van der Waals surface area contributed by atoms with Crippen molar-refractivity contribution in [1.82, 2.24) is 4.57 Å². The van der Waals surface area contributed by atoms with E-state index in [9.17, 15) is 0 Å². The summed E-state index contributed by atoms with van der Waals surface area (Å²) in [6.45, 7) is 4.79. The second-order valence-electron chi connectivity index (χ2n) is 15.4. The second kappa shape index (κ2) is 14.2. The van der Waals surface area contributed by atoms with Crippen LogP contribution in [0.25, 0.3) is 62.9 Å². The highest BCUT2D eigenvalue weighted by Gasteiger charge is 2.38. The number of benzene rings is 8. The van der Waals surface area contributed by atoms with Gasteiger partial charge in [-0.2, -0.15) is 0 Å². The molecule has 1 aromatic heterocycles. The van der Waals surface area contributed by atoms with E-state index in [2.05, 4.69) is 242 Å². The van der Waals surface area contributed by atoms with Crippen molar-refractivity contribution in [2.24, 2.45) is 0 Å². The first-order chi connectivity index (χ1) is 28.0. The van der Waals surface area contributed by atoms with E-state index >= 15 is 0 Å². The zero-order valence-electron chi connectivity index (χ0n) is 32.2. The third-order valence-corrected chi connectivity index (χ3v) is 11.5. The maximum Gasteiger partial charge on any atom is 0.0588 e. The molecule has 272 valence electrons. The summed E-state index contributed by atoms with van der Waals surface area (Å²) >= 11 is 0. The fraction of sp³-hybridized carbons (Fsp3) is 0.0545. The standard InChI is InChI=1S/C55H42N2/c1-55(2)51-38-42(25-24-39-14-6-3-7-15-39)30-35-47(51)49-36-37-50-48-20-12-13-21-52(48)57(54(50)53(49)55)46-33-28-41(29-34-46)23-22-40-26-31-45(32-27-40)56(43-16-8-4-9-17-43)44-18-10-5-11-19-44/h3-38H,1-2H3/b23-22+,25-24+. The molecule has 0 unspecified atom stereocenters. The third kappa shape index (κ3) is 6.16. The Morgan fingerprint density at radius 3 is 1.56 bits per heavy atom. The molecule has 0 saturated carbocycles. The summed E-state index contributed by atoms with van der Waals surface area (Å²) in [5, 5.41) is 2.57. The van der Waals surface area contributed by atoms with Gasteiger partial charge in [-0.25, -0.2) is 0 Å². The summed E-state index contributed by atoms with van der Waals surface area (Å²) in [4.78, 5) is 2.29. The molecule has 0 bridgehead atoms. The number of hydrogen-bond acceptors (Lipinski definition) is 1. The van der Waals surface area contributed by atoms with Gasteiger partial charge in [-0.3, -0.25) is 0 Å². The third-order valence-electron chi connectivity index (χ3n) is 11.5. The van der Waals surface area contributed by atoms with Gasteiger partial charge in [0.15, 0.2) is 0 Å². The summed E-state index contributed by atoms with van der Waals surface area (Å²) in [6.07, 6.45) is 8.84. The fourth-order valence-corrected chi connectivity index (χ4v) is 8.75. The number of fused-ring (bicyclic) bond motifs is 7. The Morgan fingerprint density at radius 1 is 0.421 bits per heavy atom. The number of anilines is 3. The minimum absolute atomic E-state index is 0.190. The molecule has 0 radical (unpaired) electrons. The van der Waals surface area contributed by atoms with Crippen molar-refractivity contribution in [3.05, 3.63) is 228 Å². The van der Waals surface area contributed by atoms with E-state index in [4.69, 9.17) is 0 Å². The van der Waals surface area contributed by atoms with Crippen LogP contribution in [0.4, 0.5) is 17.1 Å². The molecule has 0 aliphatic heterocycles. The highest BCUT2D eigenvalue weighted by Crippen LogP contribution is 2.53. The lowest BCUT2D eigenvalue weighted by molar-refractivity contribution is 0.663. The normalized spacial score (nSPS) is 13.1. The predicted molar refractivity (Wildman–Crippen MR) is 244 cm³/mol. The summed E-state index contributed by atoms with van der Waals surface area (Å²) in [5.41, 5.74) is 17.0. The Balaban J connectivity index is 0.978. The van der Waals surface area contributed by atoms with E-state index in [-0.39, 0.29) is 5.41 Å². The molecular weight excluding hydrogens is 689 g/mol. The average Bonchev–Trinajstić information content (AvgIpc) is 3.72. The van der Waals surface area contributed by atoms with Crippen molar-refractivity contribution in [2.45, 2.75) is 19.3 Å². The van der Waals surface area contributed by atoms with Gasteiger partial charge in [-0.15, -0.1) is 0 Å². The van der Waals surface area contributed by atoms with E-state index in [0.717, 1.165) is 33.9 Å². The molecular formula is C55H42N2. The van der Waals surface area contributed by atoms with Crippen LogP contribution < -0.4 is 4.90 Å². The Labute approximate surface area is 334 Å². The molecule has 9 aromatic rings. The summed E-state index contributed by atoms with van der Waals surface area (Å²) in [5.74, 6) is 0. The van der Waals surface area contributed by atoms with Crippen molar-refractivity contribution >= 4 is 63.2 Å². The van der Waals surface area contributed by atoms with Gasteiger partial charge in [0.2, 0.25) is 0 Å². The van der Waals surface area contributed by atoms with Gasteiger partial charge < -0.3 is 9.47 Å². The Hall–Kier alpha value is -7.16. The zero-order chi connectivity index (χ0) is 38.3. The monoisotopic (exact) mass is 730 g/mol. The van der Waals surface area contributed by atoms with Crippen LogP contribution in [0.15, 0.2) is 194 Å². The van der Waals surface area contributed by atoms with Crippen LogP contribution in [0.5, 0.6) is 0 Å². The molecule has 2 nitrogen and oxygen atoms in total. The van der Waals surface area contributed by atoms with Crippen LogP contribution >= 0.6 is 0 Å². The van der Waals surface area contributed by atoms with Crippen molar-refractivity contribution in [3.63, 3.8) is 0 Å². The van der Waals surface area contributed by atoms with Crippen molar-refractivity contribution in [1.29, 1.82) is 0 Å². The molecule has 0 fully saturated rings. The molecule has 0 atom stereocenters. The van der Waals surface area contributed by atoms with Crippen molar-refractivity contribution < 1.29 is 0 Å². The minimum Gasteiger partial charge on any atom is -0.311 e. The van der Waals surface area contributed by atoms with Crippen LogP contribution in [0.3, 0.4) is 0 Å². The van der Waals surface area contributed by atoms with E-state index < -0.39 is 0 Å². The molecule has 8 aromatic carbocycles. The van der Waals surface area contributed by atoms with Crippen LogP contribution in [-0.4, -0.2) is 4.57 Å². The number of hydrogen-bond donors (Lipinski definition) is 0. The number of aromatic nitrogens is 1. The molecule has 0 spiro atoms. The minimum atomic E-state index is -0.190. The number of nitrogens with zero attached hydrogens (tertiary/aromatic N) is 2. The highest BCUT2D eigenvalue weighted by molar-refractivity contribution is 6.13. The lowest BCUT2D eigenvalue weighted by Crippen LogP contribution is -2.16. The molecule has 2 heteroatoms. The number of rotatable bonds is 8. The molecule has 57 heavy (non-hydrogen) atoms. The summed E-state index contributed by atoms with van der Waals surface area (Å²) in [6, 6.07) is 69.9. The summed E-state index contributed by atoms with van der Waals surface area (Å²) in [7, 11) is 0. The van der Waals surface area contributed by atoms with Gasteiger partial charge in [0, 0.05) is 38.9 Å². The predicted octanol–water partition coefficient (Wildman–Crippen LogP) is 14.9. The Morgan fingerprint density at radius 2 is 0.912 bits per heavy atom. The Bertz CT molecular complexity index is 2890. The maximum absolute atomic E-state index is 2.49. The first kappa shape index (κ1) is 34.3. The molecule has 1 aliphatic rings. The molecule has 10 rings (SSSR count). The van der Waals surface area contributed by atoms with Crippen molar-refractivity contribution in [2.75, 3.05) is 4.90 Å². The lowest BCUT2D eigenvalue weighted by Gasteiger charge is -2.25. The molecule has 1 heterocycles. The first-order valence-electron chi connectivity index (χ1n) is 19.8. The Kier molecular flexibility index (Phi) is 8.53. The quantitative estimate of drug-likeness (QED) is 0.141. The van der Waals surface area contributed by atoms with Gasteiger partial charge in [-0.05, 0) is 99.1 Å². The summed E-state index contributed by atoms with van der Waals surface area (Å²) < 4.78 is 2.49.